The van der Waals surface area contributed by atoms with Crippen LogP contribution >= 0.6 is 0 Å². The van der Waals surface area contributed by atoms with Gasteiger partial charge in [0.05, 0.1) is 12.7 Å². The Kier molecular flexibility index (Phi) is 4.45. The van der Waals surface area contributed by atoms with Gasteiger partial charge in [-0.25, -0.2) is 4.79 Å². The van der Waals surface area contributed by atoms with Crippen molar-refractivity contribution in [2.24, 2.45) is 0 Å². The van der Waals surface area contributed by atoms with Crippen LogP contribution in [-0.2, 0) is 17.8 Å². The fraction of sp³-hybridized carbons (Fsp3) is 0.312. The van der Waals surface area contributed by atoms with Gasteiger partial charge >= 0.3 is 5.97 Å². The van der Waals surface area contributed by atoms with E-state index in [1.54, 1.807) is 6.07 Å². The fourth-order valence-electron chi connectivity index (χ4n) is 2.05. The number of carbonyl (C=O) groups excluding carboxylic acids is 1. The first-order valence-electron chi connectivity index (χ1n) is 6.71. The number of rotatable bonds is 5. The summed E-state index contributed by atoms with van der Waals surface area (Å²) >= 11 is 0. The molecule has 106 valence electrons. The number of hydrogen-bond acceptors (Lipinski definition) is 3. The largest absolute Gasteiger partial charge is 0.465 e. The minimum absolute atomic E-state index is 0.315. The van der Waals surface area contributed by atoms with Crippen molar-refractivity contribution in [1.29, 1.82) is 0 Å². The van der Waals surface area contributed by atoms with Crippen LogP contribution in [0.1, 0.15) is 28.4 Å². The number of esters is 1. The molecule has 4 nitrogen and oxygen atoms in total. The summed E-state index contributed by atoms with van der Waals surface area (Å²) in [6.45, 7) is 5.83. The van der Waals surface area contributed by atoms with Gasteiger partial charge in [-0.3, -0.25) is 0 Å². The van der Waals surface area contributed by atoms with Crippen molar-refractivity contribution in [2.45, 2.75) is 26.9 Å². The maximum Gasteiger partial charge on any atom is 0.337 e. The maximum absolute atomic E-state index is 11.5. The molecule has 0 atom stereocenters. The van der Waals surface area contributed by atoms with Crippen LogP contribution in [-0.4, -0.2) is 17.6 Å². The van der Waals surface area contributed by atoms with Crippen LogP contribution in [0.25, 0.3) is 0 Å². The van der Waals surface area contributed by atoms with E-state index < -0.39 is 0 Å². The molecule has 4 heteroatoms. The molecule has 0 aliphatic carbocycles. The van der Waals surface area contributed by atoms with Gasteiger partial charge in [-0.15, -0.1) is 0 Å². The molecule has 2 aromatic rings. The van der Waals surface area contributed by atoms with Gasteiger partial charge in [-0.05, 0) is 43.2 Å². The van der Waals surface area contributed by atoms with Crippen LogP contribution < -0.4 is 5.32 Å². The summed E-state index contributed by atoms with van der Waals surface area (Å²) in [6.07, 6.45) is 4.18. The number of aryl methyl sites for hydroxylation is 2. The number of hydrogen-bond donors (Lipinski definition) is 1. The third kappa shape index (κ3) is 3.20. The summed E-state index contributed by atoms with van der Waals surface area (Å²) in [6, 6.07) is 7.62. The third-order valence-electron chi connectivity index (χ3n) is 3.32. The van der Waals surface area contributed by atoms with E-state index in [4.69, 9.17) is 4.74 Å². The van der Waals surface area contributed by atoms with Crippen molar-refractivity contribution in [1.82, 2.24) is 4.57 Å². The monoisotopic (exact) mass is 272 g/mol. The Morgan fingerprint density at radius 1 is 1.35 bits per heavy atom. The van der Waals surface area contributed by atoms with E-state index in [1.807, 2.05) is 19.1 Å². The maximum atomic E-state index is 11.5. The second kappa shape index (κ2) is 6.28. The van der Waals surface area contributed by atoms with E-state index in [2.05, 4.69) is 35.3 Å². The topological polar surface area (TPSA) is 43.3 Å². The van der Waals surface area contributed by atoms with Crippen LogP contribution in [0.5, 0.6) is 0 Å². The van der Waals surface area contributed by atoms with Gasteiger partial charge in [0.15, 0.2) is 0 Å². The summed E-state index contributed by atoms with van der Waals surface area (Å²) in [5.74, 6) is -0.315. The second-order valence-corrected chi connectivity index (χ2v) is 4.73. The number of ether oxygens (including phenoxy) is 1. The lowest BCUT2D eigenvalue weighted by atomic mass is 10.1. The number of carbonyl (C=O) groups is 1. The van der Waals surface area contributed by atoms with Crippen LogP contribution in [0, 0.1) is 6.92 Å². The van der Waals surface area contributed by atoms with E-state index in [-0.39, 0.29) is 5.97 Å². The molecule has 0 saturated carbocycles. The highest BCUT2D eigenvalue weighted by atomic mass is 16.5. The Balaban J connectivity index is 2.10. The van der Waals surface area contributed by atoms with Crippen molar-refractivity contribution in [3.05, 3.63) is 53.3 Å². The Morgan fingerprint density at radius 2 is 2.15 bits per heavy atom. The average Bonchev–Trinajstić information content (AvgIpc) is 2.93. The van der Waals surface area contributed by atoms with Gasteiger partial charge in [0.25, 0.3) is 0 Å². The first-order valence-corrected chi connectivity index (χ1v) is 6.71. The van der Waals surface area contributed by atoms with Crippen LogP contribution in [0.2, 0.25) is 0 Å². The molecule has 0 aliphatic rings. The summed E-state index contributed by atoms with van der Waals surface area (Å²) in [5.41, 5.74) is 3.84. The highest BCUT2D eigenvalue weighted by molar-refractivity contribution is 5.90. The zero-order chi connectivity index (χ0) is 14.5. The predicted octanol–water partition coefficient (Wildman–Crippen LogP) is 3.22. The van der Waals surface area contributed by atoms with E-state index in [9.17, 15) is 4.79 Å². The first-order chi connectivity index (χ1) is 9.63. The molecule has 20 heavy (non-hydrogen) atoms. The number of benzene rings is 1. The van der Waals surface area contributed by atoms with E-state index in [0.29, 0.717) is 5.56 Å². The number of nitrogens with one attached hydrogen (secondary N) is 1. The Bertz CT molecular complexity index is 602. The summed E-state index contributed by atoms with van der Waals surface area (Å²) in [7, 11) is 1.39. The predicted molar refractivity (Wildman–Crippen MR) is 80.0 cm³/mol. The van der Waals surface area contributed by atoms with Crippen LogP contribution in [0.15, 0.2) is 36.7 Å². The van der Waals surface area contributed by atoms with Gasteiger partial charge in [-0.2, -0.15) is 0 Å². The number of nitrogens with zero attached hydrogens (tertiary/aromatic N) is 1. The zero-order valence-corrected chi connectivity index (χ0v) is 12.1. The second-order valence-electron chi connectivity index (χ2n) is 4.73. The highest BCUT2D eigenvalue weighted by Crippen LogP contribution is 2.18. The zero-order valence-electron chi connectivity index (χ0n) is 12.1. The van der Waals surface area contributed by atoms with Gasteiger partial charge in [0, 0.05) is 31.2 Å². The summed E-state index contributed by atoms with van der Waals surface area (Å²) < 4.78 is 6.88. The Labute approximate surface area is 119 Å². The van der Waals surface area contributed by atoms with Crippen molar-refractivity contribution < 1.29 is 9.53 Å². The van der Waals surface area contributed by atoms with E-state index in [1.165, 1.54) is 12.7 Å². The van der Waals surface area contributed by atoms with Crippen LogP contribution in [0.4, 0.5) is 5.69 Å². The number of anilines is 1. The van der Waals surface area contributed by atoms with Crippen molar-refractivity contribution in [3.63, 3.8) is 0 Å². The molecule has 2 rings (SSSR count). The van der Waals surface area contributed by atoms with Crippen molar-refractivity contribution in [3.8, 4) is 0 Å². The van der Waals surface area contributed by atoms with Crippen molar-refractivity contribution >= 4 is 11.7 Å². The molecule has 0 spiro atoms. The molecule has 0 saturated heterocycles. The standard InChI is InChI=1S/C16H20N2O2/c1-4-18-8-7-13(11-18)10-17-15-9-14(16(19)20-3)6-5-12(15)2/h5-9,11,17H,4,10H2,1-3H3. The number of aromatic nitrogens is 1. The van der Waals surface area contributed by atoms with Gasteiger partial charge in [0.1, 0.15) is 0 Å². The quantitative estimate of drug-likeness (QED) is 0.850. The molecule has 1 aromatic carbocycles. The molecule has 0 bridgehead atoms. The lowest BCUT2D eigenvalue weighted by Gasteiger charge is -2.10. The minimum atomic E-state index is -0.315. The van der Waals surface area contributed by atoms with Gasteiger partial charge < -0.3 is 14.6 Å². The SMILES string of the molecule is CCn1ccc(CNc2cc(C(=O)OC)ccc2C)c1. The third-order valence-corrected chi connectivity index (χ3v) is 3.32. The summed E-state index contributed by atoms with van der Waals surface area (Å²) in [4.78, 5) is 11.5. The fourth-order valence-corrected chi connectivity index (χ4v) is 2.05. The summed E-state index contributed by atoms with van der Waals surface area (Å²) in [5, 5.41) is 3.36. The Hall–Kier alpha value is -2.23. The molecular formula is C16H20N2O2. The molecule has 1 aromatic heterocycles. The average molecular weight is 272 g/mol. The normalized spacial score (nSPS) is 10.3. The van der Waals surface area contributed by atoms with E-state index >= 15 is 0 Å². The Morgan fingerprint density at radius 3 is 2.80 bits per heavy atom. The van der Waals surface area contributed by atoms with E-state index in [0.717, 1.165) is 24.3 Å². The lowest BCUT2D eigenvalue weighted by Crippen LogP contribution is -2.05. The van der Waals surface area contributed by atoms with Crippen LogP contribution in [0.3, 0.4) is 0 Å². The molecule has 0 radical (unpaired) electrons. The smallest absolute Gasteiger partial charge is 0.337 e. The molecule has 0 amide bonds. The minimum Gasteiger partial charge on any atom is -0.465 e. The molecule has 0 aliphatic heterocycles. The molecular weight excluding hydrogens is 252 g/mol. The van der Waals surface area contributed by atoms with Crippen molar-refractivity contribution in [2.75, 3.05) is 12.4 Å². The first kappa shape index (κ1) is 14.2. The molecule has 1 heterocycles. The van der Waals surface area contributed by atoms with Gasteiger partial charge in [-0.1, -0.05) is 6.07 Å². The van der Waals surface area contributed by atoms with Gasteiger partial charge in [0.2, 0.25) is 0 Å². The number of methoxy groups -OCH3 is 1. The molecule has 1 N–H and O–H groups in total. The molecule has 0 unspecified atom stereocenters. The molecule has 0 fully saturated rings. The highest BCUT2D eigenvalue weighted by Gasteiger charge is 2.08. The lowest BCUT2D eigenvalue weighted by molar-refractivity contribution is 0.0601.